The Morgan fingerprint density at radius 2 is 2.19 bits per heavy atom. The molecule has 1 rings (SSSR count). The zero-order chi connectivity index (χ0) is 11.8. The molecular formula is C11H18ClN3O. The summed E-state index contributed by atoms with van der Waals surface area (Å²) < 4.78 is 5.05. The van der Waals surface area contributed by atoms with Crippen molar-refractivity contribution in [1.29, 1.82) is 0 Å². The minimum absolute atomic E-state index is 0.595. The van der Waals surface area contributed by atoms with Crippen molar-refractivity contribution in [3.05, 3.63) is 12.3 Å². The highest BCUT2D eigenvalue weighted by atomic mass is 35.5. The minimum Gasteiger partial charge on any atom is -0.481 e. The van der Waals surface area contributed by atoms with E-state index in [-0.39, 0.29) is 0 Å². The molecule has 0 amide bonds. The summed E-state index contributed by atoms with van der Waals surface area (Å²) >= 11 is 5.62. The Hall–Kier alpha value is -1.03. The number of halogens is 1. The van der Waals surface area contributed by atoms with Crippen molar-refractivity contribution in [3.63, 3.8) is 0 Å². The van der Waals surface area contributed by atoms with Gasteiger partial charge in [0.25, 0.3) is 0 Å². The van der Waals surface area contributed by atoms with E-state index in [9.17, 15) is 0 Å². The van der Waals surface area contributed by atoms with Crippen molar-refractivity contribution in [2.24, 2.45) is 0 Å². The lowest BCUT2D eigenvalue weighted by molar-refractivity contribution is 0.397. The van der Waals surface area contributed by atoms with Gasteiger partial charge in [-0.1, -0.05) is 6.42 Å². The number of rotatable bonds is 7. The first-order chi connectivity index (χ1) is 7.77. The molecule has 0 atom stereocenters. The Morgan fingerprint density at radius 3 is 2.88 bits per heavy atom. The van der Waals surface area contributed by atoms with Gasteiger partial charge in [-0.25, -0.2) is 4.98 Å². The third-order valence-electron chi connectivity index (χ3n) is 2.30. The summed E-state index contributed by atoms with van der Waals surface area (Å²) in [7, 11) is 3.59. The van der Waals surface area contributed by atoms with Gasteiger partial charge in [-0.15, -0.1) is 11.6 Å². The fourth-order valence-corrected chi connectivity index (χ4v) is 1.54. The second-order valence-electron chi connectivity index (χ2n) is 3.57. The topological polar surface area (TPSA) is 38.2 Å². The molecule has 90 valence electrons. The zero-order valence-electron chi connectivity index (χ0n) is 9.82. The number of alkyl halides is 1. The number of unbranched alkanes of at least 4 members (excludes halogenated alkanes) is 2. The lowest BCUT2D eigenvalue weighted by Crippen LogP contribution is -2.21. The van der Waals surface area contributed by atoms with Crippen LogP contribution in [0.25, 0.3) is 0 Å². The highest BCUT2D eigenvalue weighted by Crippen LogP contribution is 2.11. The van der Waals surface area contributed by atoms with Crippen LogP contribution < -0.4 is 9.64 Å². The van der Waals surface area contributed by atoms with E-state index >= 15 is 0 Å². The Balaban J connectivity index is 2.42. The Morgan fingerprint density at radius 1 is 1.38 bits per heavy atom. The molecule has 0 aliphatic heterocycles. The summed E-state index contributed by atoms with van der Waals surface area (Å²) in [6.45, 7) is 0.935. The van der Waals surface area contributed by atoms with Gasteiger partial charge in [0, 0.05) is 31.7 Å². The van der Waals surface area contributed by atoms with Gasteiger partial charge in [-0.05, 0) is 12.8 Å². The van der Waals surface area contributed by atoms with Gasteiger partial charge in [0.05, 0.1) is 7.11 Å². The number of hydrogen-bond acceptors (Lipinski definition) is 4. The maximum atomic E-state index is 5.62. The van der Waals surface area contributed by atoms with E-state index in [1.165, 1.54) is 0 Å². The molecule has 0 saturated carbocycles. The molecule has 0 radical (unpaired) electrons. The van der Waals surface area contributed by atoms with Crippen molar-refractivity contribution in [2.75, 3.05) is 31.5 Å². The van der Waals surface area contributed by atoms with Crippen LogP contribution in [0.2, 0.25) is 0 Å². The Bertz CT molecular complexity index is 309. The minimum atomic E-state index is 0.595. The Kier molecular flexibility index (Phi) is 5.93. The number of ether oxygens (including phenoxy) is 1. The molecule has 1 aromatic rings. The molecule has 16 heavy (non-hydrogen) atoms. The van der Waals surface area contributed by atoms with Crippen molar-refractivity contribution < 1.29 is 4.74 Å². The van der Waals surface area contributed by atoms with Crippen LogP contribution in [0.1, 0.15) is 19.3 Å². The summed E-state index contributed by atoms with van der Waals surface area (Å²) in [5.74, 6) is 2.03. The van der Waals surface area contributed by atoms with E-state index in [1.54, 1.807) is 19.4 Å². The van der Waals surface area contributed by atoms with Crippen molar-refractivity contribution in [3.8, 4) is 5.88 Å². The predicted octanol–water partition coefficient (Wildman–Crippen LogP) is 2.33. The first-order valence-corrected chi connectivity index (χ1v) is 5.95. The van der Waals surface area contributed by atoms with E-state index in [0.717, 1.165) is 31.7 Å². The van der Waals surface area contributed by atoms with E-state index in [4.69, 9.17) is 16.3 Å². The third kappa shape index (κ3) is 4.23. The van der Waals surface area contributed by atoms with Crippen molar-refractivity contribution >= 4 is 17.5 Å². The smallest absolute Gasteiger partial charge is 0.228 e. The number of hydrogen-bond donors (Lipinski definition) is 0. The van der Waals surface area contributed by atoms with Crippen LogP contribution in [0.4, 0.5) is 5.95 Å². The molecule has 0 unspecified atom stereocenters. The summed E-state index contributed by atoms with van der Waals surface area (Å²) in [6, 6.07) is 1.74. The van der Waals surface area contributed by atoms with Crippen LogP contribution in [0.5, 0.6) is 5.88 Å². The molecule has 0 spiro atoms. The first-order valence-electron chi connectivity index (χ1n) is 5.42. The SMILES string of the molecule is COc1ccnc(N(C)CCCCCCl)n1. The van der Waals surface area contributed by atoms with Gasteiger partial charge in [0.2, 0.25) is 11.8 Å². The Labute approximate surface area is 102 Å². The van der Waals surface area contributed by atoms with Gasteiger partial charge in [-0.2, -0.15) is 4.98 Å². The fourth-order valence-electron chi connectivity index (χ4n) is 1.35. The third-order valence-corrected chi connectivity index (χ3v) is 2.56. The van der Waals surface area contributed by atoms with Gasteiger partial charge in [0.1, 0.15) is 0 Å². The standard InChI is InChI=1S/C11H18ClN3O/c1-15(9-5-3-4-7-12)11-13-8-6-10(14-11)16-2/h6,8H,3-5,7,9H2,1-2H3. The second-order valence-corrected chi connectivity index (χ2v) is 3.95. The van der Waals surface area contributed by atoms with Gasteiger partial charge in [0.15, 0.2) is 0 Å². The molecule has 0 fully saturated rings. The van der Waals surface area contributed by atoms with Crippen LogP contribution in [0.3, 0.4) is 0 Å². The monoisotopic (exact) mass is 243 g/mol. The lowest BCUT2D eigenvalue weighted by Gasteiger charge is -2.16. The quantitative estimate of drug-likeness (QED) is 0.544. The molecule has 0 bridgehead atoms. The van der Waals surface area contributed by atoms with E-state index in [2.05, 4.69) is 9.97 Å². The molecule has 0 N–H and O–H groups in total. The fraction of sp³-hybridized carbons (Fsp3) is 0.636. The maximum Gasteiger partial charge on any atom is 0.228 e. The molecule has 0 saturated heterocycles. The first kappa shape index (κ1) is 13.0. The number of anilines is 1. The van der Waals surface area contributed by atoms with Gasteiger partial charge >= 0.3 is 0 Å². The maximum absolute atomic E-state index is 5.62. The average molecular weight is 244 g/mol. The second kappa shape index (κ2) is 7.28. The summed E-state index contributed by atoms with van der Waals surface area (Å²) in [6.07, 6.45) is 5.01. The zero-order valence-corrected chi connectivity index (χ0v) is 10.6. The average Bonchev–Trinajstić information content (AvgIpc) is 2.34. The normalized spacial score (nSPS) is 10.2. The van der Waals surface area contributed by atoms with Crippen LogP contribution in [-0.2, 0) is 0 Å². The highest BCUT2D eigenvalue weighted by molar-refractivity contribution is 6.17. The molecule has 5 heteroatoms. The molecule has 0 aliphatic rings. The van der Waals surface area contributed by atoms with Gasteiger partial charge < -0.3 is 9.64 Å². The molecular weight excluding hydrogens is 226 g/mol. The number of methoxy groups -OCH3 is 1. The van der Waals surface area contributed by atoms with Crippen LogP contribution in [-0.4, -0.2) is 36.6 Å². The summed E-state index contributed by atoms with van der Waals surface area (Å²) in [5.41, 5.74) is 0. The van der Waals surface area contributed by atoms with Crippen LogP contribution >= 0.6 is 11.6 Å². The molecule has 1 heterocycles. The van der Waals surface area contributed by atoms with E-state index in [0.29, 0.717) is 11.8 Å². The van der Waals surface area contributed by atoms with Crippen molar-refractivity contribution in [1.82, 2.24) is 9.97 Å². The highest BCUT2D eigenvalue weighted by Gasteiger charge is 2.04. The van der Waals surface area contributed by atoms with E-state index in [1.807, 2.05) is 11.9 Å². The number of aromatic nitrogens is 2. The molecule has 1 aromatic heterocycles. The van der Waals surface area contributed by atoms with Gasteiger partial charge in [-0.3, -0.25) is 0 Å². The molecule has 4 nitrogen and oxygen atoms in total. The van der Waals surface area contributed by atoms with E-state index < -0.39 is 0 Å². The summed E-state index contributed by atoms with van der Waals surface area (Å²) in [5, 5.41) is 0. The largest absolute Gasteiger partial charge is 0.481 e. The predicted molar refractivity (Wildman–Crippen MR) is 66.4 cm³/mol. The lowest BCUT2D eigenvalue weighted by atomic mass is 10.2. The van der Waals surface area contributed by atoms with Crippen LogP contribution in [0, 0.1) is 0 Å². The number of nitrogens with zero attached hydrogens (tertiary/aromatic N) is 3. The van der Waals surface area contributed by atoms with Crippen molar-refractivity contribution in [2.45, 2.75) is 19.3 Å². The summed E-state index contributed by atoms with van der Waals surface area (Å²) in [4.78, 5) is 10.5. The van der Waals surface area contributed by atoms with Crippen LogP contribution in [0.15, 0.2) is 12.3 Å². The molecule has 0 aromatic carbocycles. The molecule has 0 aliphatic carbocycles.